The van der Waals surface area contributed by atoms with Crippen LogP contribution in [0.1, 0.15) is 5.56 Å². The van der Waals surface area contributed by atoms with Crippen LogP contribution in [0.4, 0.5) is 10.1 Å². The Balaban J connectivity index is 1.17. The molecule has 1 amide bonds. The lowest BCUT2D eigenvalue weighted by molar-refractivity contribution is -0.116. The summed E-state index contributed by atoms with van der Waals surface area (Å²) in [5.74, 6) is -0.555. The Morgan fingerprint density at radius 2 is 1.94 bits per heavy atom. The second-order valence-corrected chi connectivity index (χ2v) is 8.61. The van der Waals surface area contributed by atoms with E-state index in [-0.39, 0.29) is 17.6 Å². The molecule has 1 aliphatic heterocycles. The lowest BCUT2D eigenvalue weighted by atomic mass is 10.1. The number of halogens is 1. The summed E-state index contributed by atoms with van der Waals surface area (Å²) in [6, 6.07) is 14.6. The summed E-state index contributed by atoms with van der Waals surface area (Å²) in [4.78, 5) is 19.2. The Kier molecular flexibility index (Phi) is 6.54. The van der Waals surface area contributed by atoms with Crippen LogP contribution in [0.15, 0.2) is 73.1 Å². The molecule has 1 aliphatic rings. The van der Waals surface area contributed by atoms with Crippen molar-refractivity contribution >= 4 is 39.2 Å². The van der Waals surface area contributed by atoms with Crippen LogP contribution in [0.25, 0.3) is 21.8 Å². The third kappa shape index (κ3) is 5.22. The third-order valence-electron chi connectivity index (χ3n) is 6.23. The molecule has 0 unspecified atom stereocenters. The third-order valence-corrected chi connectivity index (χ3v) is 6.23. The molecule has 0 aliphatic carbocycles. The second-order valence-electron chi connectivity index (χ2n) is 8.61. The molecule has 3 heterocycles. The Hall–Kier alpha value is -4.04. The lowest BCUT2D eigenvalue weighted by Gasteiger charge is -2.29. The van der Waals surface area contributed by atoms with Gasteiger partial charge in [0.1, 0.15) is 11.7 Å². The lowest BCUT2D eigenvalue weighted by Crippen LogP contribution is -2.43. The van der Waals surface area contributed by atoms with Crippen molar-refractivity contribution in [3.05, 3.63) is 84.5 Å². The van der Waals surface area contributed by atoms with Crippen molar-refractivity contribution in [2.24, 2.45) is 0 Å². The van der Waals surface area contributed by atoms with Gasteiger partial charge in [0, 0.05) is 55.8 Å². The standard InChI is InChI=1S/C27H27FN6O/c28-22-3-2-20-8-12-34(25(20)17-22)26(29)5-6-27(35)31-9-7-19-1-4-24-21(15-19)16-23(18-32-24)33-13-10-30-11-14-33/h1-6,8,12,15-18,29-30H,7,9-11,13-14H2,(H,31,35)/b6-5-,29-26?. The topological polar surface area (TPSA) is 86.0 Å². The molecular weight excluding hydrogens is 443 g/mol. The van der Waals surface area contributed by atoms with Gasteiger partial charge in [-0.15, -0.1) is 0 Å². The molecule has 2 aromatic heterocycles. The Labute approximate surface area is 202 Å². The van der Waals surface area contributed by atoms with Crippen molar-refractivity contribution in [1.29, 1.82) is 5.41 Å². The molecule has 3 N–H and O–H groups in total. The maximum absolute atomic E-state index is 13.6. The van der Waals surface area contributed by atoms with Crippen LogP contribution in [0.5, 0.6) is 0 Å². The number of allylic oxidation sites excluding steroid dienone is 1. The van der Waals surface area contributed by atoms with E-state index >= 15 is 0 Å². The molecule has 35 heavy (non-hydrogen) atoms. The molecule has 1 fully saturated rings. The van der Waals surface area contributed by atoms with Crippen molar-refractivity contribution in [3.63, 3.8) is 0 Å². The van der Waals surface area contributed by atoms with Gasteiger partial charge in [-0.05, 0) is 60.5 Å². The van der Waals surface area contributed by atoms with Crippen molar-refractivity contribution in [2.75, 3.05) is 37.6 Å². The van der Waals surface area contributed by atoms with Crippen LogP contribution in [-0.2, 0) is 11.2 Å². The fourth-order valence-corrected chi connectivity index (χ4v) is 4.36. The zero-order valence-corrected chi connectivity index (χ0v) is 19.3. The number of fused-ring (bicyclic) bond motifs is 2. The minimum atomic E-state index is -0.364. The highest BCUT2D eigenvalue weighted by Gasteiger charge is 2.11. The fourth-order valence-electron chi connectivity index (χ4n) is 4.36. The number of aromatic nitrogens is 2. The molecule has 178 valence electrons. The van der Waals surface area contributed by atoms with E-state index in [0.29, 0.717) is 18.5 Å². The monoisotopic (exact) mass is 470 g/mol. The van der Waals surface area contributed by atoms with Gasteiger partial charge in [-0.2, -0.15) is 0 Å². The molecule has 0 radical (unpaired) electrons. The van der Waals surface area contributed by atoms with Gasteiger partial charge in [0.2, 0.25) is 5.91 Å². The Morgan fingerprint density at radius 3 is 2.80 bits per heavy atom. The van der Waals surface area contributed by atoms with Gasteiger partial charge in [0.15, 0.2) is 0 Å². The van der Waals surface area contributed by atoms with E-state index in [2.05, 4.69) is 32.7 Å². The number of piperazine rings is 1. The fraction of sp³-hybridized carbons (Fsp3) is 0.222. The van der Waals surface area contributed by atoms with E-state index in [0.717, 1.165) is 53.7 Å². The number of rotatable bonds is 6. The summed E-state index contributed by atoms with van der Waals surface area (Å²) in [6.07, 6.45) is 7.06. The number of carbonyl (C=O) groups excluding carboxylic acids is 1. The summed E-state index contributed by atoms with van der Waals surface area (Å²) >= 11 is 0. The molecule has 0 bridgehead atoms. The van der Waals surface area contributed by atoms with Crippen molar-refractivity contribution < 1.29 is 9.18 Å². The zero-order valence-electron chi connectivity index (χ0n) is 19.3. The number of nitrogens with zero attached hydrogens (tertiary/aromatic N) is 3. The van der Waals surface area contributed by atoms with Crippen molar-refractivity contribution in [1.82, 2.24) is 20.2 Å². The average molecular weight is 471 g/mol. The number of hydrogen-bond donors (Lipinski definition) is 3. The highest BCUT2D eigenvalue weighted by molar-refractivity contribution is 6.03. The normalized spacial score (nSPS) is 14.1. The zero-order chi connectivity index (χ0) is 24.2. The highest BCUT2D eigenvalue weighted by atomic mass is 19.1. The SMILES string of the molecule is N=C(/C=C\C(=O)NCCc1ccc2ncc(N3CCNCC3)cc2c1)n1ccc2ccc(F)cc21. The molecule has 0 atom stereocenters. The van der Waals surface area contributed by atoms with Gasteiger partial charge in [-0.3, -0.25) is 15.2 Å². The number of anilines is 1. The number of benzene rings is 2. The smallest absolute Gasteiger partial charge is 0.244 e. The Bertz CT molecular complexity index is 1420. The number of pyridine rings is 1. The van der Waals surface area contributed by atoms with E-state index in [1.807, 2.05) is 24.4 Å². The molecule has 2 aromatic carbocycles. The minimum Gasteiger partial charge on any atom is -0.368 e. The van der Waals surface area contributed by atoms with E-state index in [1.165, 1.54) is 24.3 Å². The average Bonchev–Trinajstić information content (AvgIpc) is 3.30. The van der Waals surface area contributed by atoms with Gasteiger partial charge in [0.05, 0.1) is 22.9 Å². The predicted molar refractivity (Wildman–Crippen MR) is 138 cm³/mol. The number of hydrogen-bond acceptors (Lipinski definition) is 5. The van der Waals surface area contributed by atoms with Crippen LogP contribution >= 0.6 is 0 Å². The first-order valence-corrected chi connectivity index (χ1v) is 11.7. The summed E-state index contributed by atoms with van der Waals surface area (Å²) in [6.45, 7) is 4.38. The maximum atomic E-state index is 13.6. The predicted octanol–water partition coefficient (Wildman–Crippen LogP) is 3.48. The van der Waals surface area contributed by atoms with Gasteiger partial charge >= 0.3 is 0 Å². The van der Waals surface area contributed by atoms with Crippen LogP contribution in [0.2, 0.25) is 0 Å². The molecule has 4 aromatic rings. The first kappa shape index (κ1) is 22.7. The van der Waals surface area contributed by atoms with Crippen molar-refractivity contribution in [2.45, 2.75) is 6.42 Å². The summed E-state index contributed by atoms with van der Waals surface area (Å²) < 4.78 is 15.1. The van der Waals surface area contributed by atoms with Gasteiger partial charge in [-0.1, -0.05) is 6.07 Å². The maximum Gasteiger partial charge on any atom is 0.244 e. The van der Waals surface area contributed by atoms with Crippen LogP contribution in [0, 0.1) is 11.2 Å². The van der Waals surface area contributed by atoms with E-state index in [1.54, 1.807) is 16.8 Å². The minimum absolute atomic E-state index is 0.0862. The molecule has 0 spiro atoms. The van der Waals surface area contributed by atoms with Gasteiger partial charge in [-0.25, -0.2) is 4.39 Å². The van der Waals surface area contributed by atoms with Gasteiger partial charge in [0.25, 0.3) is 0 Å². The number of nitrogens with one attached hydrogen (secondary N) is 3. The molecule has 8 heteroatoms. The van der Waals surface area contributed by atoms with Crippen LogP contribution < -0.4 is 15.5 Å². The van der Waals surface area contributed by atoms with Gasteiger partial charge < -0.3 is 20.1 Å². The number of carbonyl (C=O) groups is 1. The molecule has 0 saturated carbocycles. The molecular formula is C27H27FN6O. The molecule has 5 rings (SSSR count). The second kappa shape index (κ2) is 10.1. The van der Waals surface area contributed by atoms with Crippen molar-refractivity contribution in [3.8, 4) is 0 Å². The molecule has 7 nitrogen and oxygen atoms in total. The summed E-state index contributed by atoms with van der Waals surface area (Å²) in [5, 5.41) is 16.4. The van der Waals surface area contributed by atoms with Crippen LogP contribution in [0.3, 0.4) is 0 Å². The number of amides is 1. The highest BCUT2D eigenvalue weighted by Crippen LogP contribution is 2.22. The Morgan fingerprint density at radius 1 is 1.09 bits per heavy atom. The first-order chi connectivity index (χ1) is 17.1. The summed E-state index contributed by atoms with van der Waals surface area (Å²) in [5.41, 5.74) is 3.80. The summed E-state index contributed by atoms with van der Waals surface area (Å²) in [7, 11) is 0. The van der Waals surface area contributed by atoms with Crippen LogP contribution in [-0.4, -0.2) is 54.0 Å². The first-order valence-electron chi connectivity index (χ1n) is 11.7. The van der Waals surface area contributed by atoms with E-state index in [9.17, 15) is 9.18 Å². The van der Waals surface area contributed by atoms with E-state index < -0.39 is 0 Å². The van der Waals surface area contributed by atoms with E-state index in [4.69, 9.17) is 5.41 Å². The molecule has 1 saturated heterocycles. The largest absolute Gasteiger partial charge is 0.368 e. The quantitative estimate of drug-likeness (QED) is 0.229.